The van der Waals surface area contributed by atoms with Gasteiger partial charge in [0.25, 0.3) is 0 Å². The Labute approximate surface area is 74.9 Å². The smallest absolute Gasteiger partial charge is 0.0673 e. The Hall–Kier alpha value is -0.120. The van der Waals surface area contributed by atoms with E-state index in [0.717, 1.165) is 32.7 Å². The molecule has 0 bridgehead atoms. The van der Waals surface area contributed by atoms with Crippen LogP contribution in [0.5, 0.6) is 0 Å². The Morgan fingerprint density at radius 2 is 2.42 bits per heavy atom. The Balaban J connectivity index is 2.31. The van der Waals surface area contributed by atoms with E-state index in [0.29, 0.717) is 6.10 Å². The molecule has 2 atom stereocenters. The third kappa shape index (κ3) is 3.52. The van der Waals surface area contributed by atoms with Gasteiger partial charge in [-0.05, 0) is 20.3 Å². The zero-order valence-electron chi connectivity index (χ0n) is 8.12. The Kier molecular flexibility index (Phi) is 3.98. The predicted octanol–water partition coefficient (Wildman–Crippen LogP) is 0.444. The molecule has 0 aliphatic carbocycles. The third-order valence-corrected chi connectivity index (χ3v) is 2.08. The van der Waals surface area contributed by atoms with E-state index >= 15 is 0 Å². The second kappa shape index (κ2) is 4.80. The van der Waals surface area contributed by atoms with Crippen molar-refractivity contribution in [3.8, 4) is 0 Å². The van der Waals surface area contributed by atoms with E-state index in [9.17, 15) is 0 Å². The normalized spacial score (nSPS) is 29.8. The average Bonchev–Trinajstić information content (AvgIpc) is 2.12. The quantitative estimate of drug-likeness (QED) is 0.657. The van der Waals surface area contributed by atoms with E-state index < -0.39 is 0 Å². The van der Waals surface area contributed by atoms with Gasteiger partial charge >= 0.3 is 0 Å². The van der Waals surface area contributed by atoms with Gasteiger partial charge < -0.3 is 10.5 Å². The first-order chi connectivity index (χ1) is 5.68. The fourth-order valence-corrected chi connectivity index (χ4v) is 1.65. The number of rotatable bonds is 2. The van der Waals surface area contributed by atoms with Gasteiger partial charge in [-0.15, -0.1) is 0 Å². The Morgan fingerprint density at radius 3 is 3.08 bits per heavy atom. The molecule has 1 aliphatic rings. The molecule has 0 spiro atoms. The monoisotopic (exact) mass is 172 g/mol. The highest BCUT2D eigenvalue weighted by molar-refractivity contribution is 4.69. The van der Waals surface area contributed by atoms with Gasteiger partial charge in [0.2, 0.25) is 0 Å². The minimum absolute atomic E-state index is 0.273. The summed E-state index contributed by atoms with van der Waals surface area (Å²) in [5.41, 5.74) is 5.74. The first-order valence-electron chi connectivity index (χ1n) is 4.78. The molecule has 1 heterocycles. The Morgan fingerprint density at radius 1 is 1.67 bits per heavy atom. The van der Waals surface area contributed by atoms with Crippen molar-refractivity contribution < 1.29 is 4.74 Å². The lowest BCUT2D eigenvalue weighted by Crippen LogP contribution is -2.38. The van der Waals surface area contributed by atoms with Crippen LogP contribution < -0.4 is 5.73 Å². The molecule has 3 heteroatoms. The van der Waals surface area contributed by atoms with E-state index in [2.05, 4.69) is 18.7 Å². The van der Waals surface area contributed by atoms with Crippen molar-refractivity contribution in [3.05, 3.63) is 0 Å². The van der Waals surface area contributed by atoms with Crippen molar-refractivity contribution in [2.75, 3.05) is 26.2 Å². The molecule has 72 valence electrons. The minimum Gasteiger partial charge on any atom is -0.377 e. The third-order valence-electron chi connectivity index (χ3n) is 2.08. The van der Waals surface area contributed by atoms with Crippen LogP contribution in [-0.2, 0) is 4.74 Å². The standard InChI is InChI=1S/C9H20N2O/c1-8(10)6-11-4-3-5-12-9(2)7-11/h8-9H,3-7,10H2,1-2H3/t8-,9?/m0/s1. The van der Waals surface area contributed by atoms with Crippen LogP contribution in [0.15, 0.2) is 0 Å². The van der Waals surface area contributed by atoms with E-state index in [1.807, 2.05) is 0 Å². The first-order valence-corrected chi connectivity index (χ1v) is 4.78. The van der Waals surface area contributed by atoms with Crippen molar-refractivity contribution in [2.24, 2.45) is 5.73 Å². The average molecular weight is 172 g/mol. The van der Waals surface area contributed by atoms with Gasteiger partial charge in [-0.2, -0.15) is 0 Å². The van der Waals surface area contributed by atoms with Gasteiger partial charge in [-0.3, -0.25) is 4.90 Å². The first kappa shape index (κ1) is 9.96. The van der Waals surface area contributed by atoms with Gasteiger partial charge in [0.15, 0.2) is 0 Å². The summed E-state index contributed by atoms with van der Waals surface area (Å²) in [5, 5.41) is 0. The lowest BCUT2D eigenvalue weighted by molar-refractivity contribution is 0.0672. The molecular formula is C9H20N2O. The number of hydrogen-bond acceptors (Lipinski definition) is 3. The van der Waals surface area contributed by atoms with Gasteiger partial charge in [0, 0.05) is 32.3 Å². The van der Waals surface area contributed by atoms with Crippen LogP contribution in [0.1, 0.15) is 20.3 Å². The van der Waals surface area contributed by atoms with Crippen molar-refractivity contribution in [2.45, 2.75) is 32.4 Å². The van der Waals surface area contributed by atoms with Gasteiger partial charge in [0.1, 0.15) is 0 Å². The van der Waals surface area contributed by atoms with Crippen molar-refractivity contribution in [1.29, 1.82) is 0 Å². The van der Waals surface area contributed by atoms with Crippen molar-refractivity contribution in [1.82, 2.24) is 4.90 Å². The molecule has 12 heavy (non-hydrogen) atoms. The zero-order valence-corrected chi connectivity index (χ0v) is 8.12. The van der Waals surface area contributed by atoms with Gasteiger partial charge in [-0.25, -0.2) is 0 Å². The fraction of sp³-hybridized carbons (Fsp3) is 1.00. The zero-order chi connectivity index (χ0) is 8.97. The lowest BCUT2D eigenvalue weighted by atomic mass is 10.3. The van der Waals surface area contributed by atoms with Crippen LogP contribution in [0.2, 0.25) is 0 Å². The summed E-state index contributed by atoms with van der Waals surface area (Å²) >= 11 is 0. The van der Waals surface area contributed by atoms with E-state index in [4.69, 9.17) is 10.5 Å². The minimum atomic E-state index is 0.273. The van der Waals surface area contributed by atoms with Crippen molar-refractivity contribution in [3.63, 3.8) is 0 Å². The molecule has 1 saturated heterocycles. The molecule has 1 fully saturated rings. The molecular weight excluding hydrogens is 152 g/mol. The molecule has 1 rings (SSSR count). The number of nitrogens with two attached hydrogens (primary N) is 1. The summed E-state index contributed by atoms with van der Waals surface area (Å²) < 4.78 is 5.53. The second-order valence-corrected chi connectivity index (χ2v) is 3.77. The van der Waals surface area contributed by atoms with Crippen LogP contribution in [0.25, 0.3) is 0 Å². The van der Waals surface area contributed by atoms with Crippen LogP contribution in [0.4, 0.5) is 0 Å². The van der Waals surface area contributed by atoms with E-state index in [1.165, 1.54) is 0 Å². The Bertz CT molecular complexity index is 128. The molecule has 2 N–H and O–H groups in total. The van der Waals surface area contributed by atoms with Crippen LogP contribution in [0, 0.1) is 0 Å². The molecule has 0 amide bonds. The number of ether oxygens (including phenoxy) is 1. The van der Waals surface area contributed by atoms with E-state index in [1.54, 1.807) is 0 Å². The summed E-state index contributed by atoms with van der Waals surface area (Å²) in [6.45, 7) is 8.23. The van der Waals surface area contributed by atoms with E-state index in [-0.39, 0.29) is 6.04 Å². The molecule has 0 saturated carbocycles. The highest BCUT2D eigenvalue weighted by Crippen LogP contribution is 2.04. The van der Waals surface area contributed by atoms with Crippen molar-refractivity contribution >= 4 is 0 Å². The molecule has 0 radical (unpaired) electrons. The van der Waals surface area contributed by atoms with Crippen LogP contribution >= 0.6 is 0 Å². The molecule has 0 aromatic rings. The summed E-state index contributed by atoms with van der Waals surface area (Å²) in [5.74, 6) is 0. The van der Waals surface area contributed by atoms with Gasteiger partial charge in [-0.1, -0.05) is 0 Å². The molecule has 1 unspecified atom stereocenters. The predicted molar refractivity (Wildman–Crippen MR) is 50.1 cm³/mol. The SMILES string of the molecule is CC1CN(C[C@H](C)N)CCCO1. The van der Waals surface area contributed by atoms with Crippen LogP contribution in [-0.4, -0.2) is 43.3 Å². The summed E-state index contributed by atoms with van der Waals surface area (Å²) in [7, 11) is 0. The summed E-state index contributed by atoms with van der Waals surface area (Å²) in [6, 6.07) is 0.273. The highest BCUT2D eigenvalue weighted by Gasteiger charge is 2.15. The highest BCUT2D eigenvalue weighted by atomic mass is 16.5. The topological polar surface area (TPSA) is 38.5 Å². The van der Waals surface area contributed by atoms with Crippen LogP contribution in [0.3, 0.4) is 0 Å². The maximum absolute atomic E-state index is 5.74. The molecule has 0 aromatic carbocycles. The summed E-state index contributed by atoms with van der Waals surface area (Å²) in [6.07, 6.45) is 1.50. The maximum atomic E-state index is 5.74. The fourth-order valence-electron chi connectivity index (χ4n) is 1.65. The van der Waals surface area contributed by atoms with Gasteiger partial charge in [0.05, 0.1) is 6.10 Å². The molecule has 3 nitrogen and oxygen atoms in total. The maximum Gasteiger partial charge on any atom is 0.0673 e. The second-order valence-electron chi connectivity index (χ2n) is 3.77. The molecule has 1 aliphatic heterocycles. The number of nitrogens with zero attached hydrogens (tertiary/aromatic N) is 1. The number of hydrogen-bond donors (Lipinski definition) is 1. The lowest BCUT2D eigenvalue weighted by Gasteiger charge is -2.23. The summed E-state index contributed by atoms with van der Waals surface area (Å²) in [4.78, 5) is 2.39. The molecule has 0 aromatic heterocycles. The largest absolute Gasteiger partial charge is 0.377 e.